The van der Waals surface area contributed by atoms with Crippen LogP contribution in [-0.2, 0) is 0 Å². The Hall–Kier alpha value is -2.06. The average molecular weight is 279 g/mol. The number of hydrogen-bond donors (Lipinski definition) is 1. The molecule has 0 unspecified atom stereocenters. The predicted molar refractivity (Wildman–Crippen MR) is 88.5 cm³/mol. The van der Waals surface area contributed by atoms with Gasteiger partial charge in [0.15, 0.2) is 0 Å². The van der Waals surface area contributed by atoms with E-state index in [0.29, 0.717) is 0 Å². The maximum absolute atomic E-state index is 10.8. The number of fused-ring (bicyclic) bond motifs is 1. The zero-order valence-electron chi connectivity index (χ0n) is 12.7. The lowest BCUT2D eigenvalue weighted by atomic mass is 9.88. The van der Waals surface area contributed by atoms with Gasteiger partial charge >= 0.3 is 0 Å². The Labute approximate surface area is 126 Å². The monoisotopic (exact) mass is 279 g/mol. The highest BCUT2D eigenvalue weighted by Gasteiger charge is 2.28. The summed E-state index contributed by atoms with van der Waals surface area (Å²) in [6.07, 6.45) is 3.71. The third-order valence-corrected chi connectivity index (χ3v) is 4.43. The molecule has 0 spiro atoms. The molecule has 2 aromatic carbocycles. The molecular weight excluding hydrogens is 258 g/mol. The summed E-state index contributed by atoms with van der Waals surface area (Å²) in [7, 11) is 2.03. The van der Waals surface area contributed by atoms with Gasteiger partial charge < -0.3 is 10.0 Å². The van der Waals surface area contributed by atoms with E-state index in [0.717, 1.165) is 16.8 Å². The fraction of sp³-hybridized carbons (Fsp3) is 0.263. The Bertz CT molecular complexity index is 675. The molecule has 0 bridgehead atoms. The van der Waals surface area contributed by atoms with Crippen LogP contribution < -0.4 is 4.90 Å². The van der Waals surface area contributed by atoms with E-state index in [-0.39, 0.29) is 6.04 Å². The van der Waals surface area contributed by atoms with E-state index >= 15 is 0 Å². The molecule has 21 heavy (non-hydrogen) atoms. The molecule has 0 fully saturated rings. The SMILES string of the molecule is Cc1cc2c(cc1C)[C@@H](O)[C@H](N(C)c1ccccc1)C=C2. The number of anilines is 1. The van der Waals surface area contributed by atoms with E-state index < -0.39 is 6.10 Å². The Morgan fingerprint density at radius 2 is 1.67 bits per heavy atom. The van der Waals surface area contributed by atoms with E-state index in [1.807, 2.05) is 25.2 Å². The van der Waals surface area contributed by atoms with Crippen LogP contribution in [0.2, 0.25) is 0 Å². The summed E-state index contributed by atoms with van der Waals surface area (Å²) in [5.74, 6) is 0. The summed E-state index contributed by atoms with van der Waals surface area (Å²) >= 11 is 0. The van der Waals surface area contributed by atoms with Crippen molar-refractivity contribution in [3.05, 3.63) is 70.8 Å². The molecule has 3 rings (SSSR count). The van der Waals surface area contributed by atoms with Crippen molar-refractivity contribution in [3.8, 4) is 0 Å². The first kappa shape index (κ1) is 13.9. The number of aryl methyl sites for hydroxylation is 2. The van der Waals surface area contributed by atoms with Crippen LogP contribution in [0, 0.1) is 13.8 Å². The summed E-state index contributed by atoms with van der Waals surface area (Å²) in [6, 6.07) is 14.4. The predicted octanol–water partition coefficient (Wildman–Crippen LogP) is 3.87. The molecule has 0 saturated heterocycles. The maximum atomic E-state index is 10.8. The largest absolute Gasteiger partial charge is 0.386 e. The Kier molecular flexibility index (Phi) is 3.56. The lowest BCUT2D eigenvalue weighted by Gasteiger charge is -2.35. The summed E-state index contributed by atoms with van der Waals surface area (Å²) in [5, 5.41) is 10.8. The van der Waals surface area contributed by atoms with Gasteiger partial charge in [-0.3, -0.25) is 0 Å². The van der Waals surface area contributed by atoms with Crippen LogP contribution in [0.15, 0.2) is 48.5 Å². The molecular formula is C19H21NO. The highest BCUT2D eigenvalue weighted by Crippen LogP contribution is 2.33. The van der Waals surface area contributed by atoms with Gasteiger partial charge in [0, 0.05) is 12.7 Å². The maximum Gasteiger partial charge on any atom is 0.103 e. The lowest BCUT2D eigenvalue weighted by Crippen LogP contribution is -2.37. The van der Waals surface area contributed by atoms with Crippen LogP contribution in [0.5, 0.6) is 0 Å². The highest BCUT2D eigenvalue weighted by molar-refractivity contribution is 5.63. The van der Waals surface area contributed by atoms with Gasteiger partial charge in [-0.2, -0.15) is 0 Å². The van der Waals surface area contributed by atoms with Crippen LogP contribution in [0.3, 0.4) is 0 Å². The molecule has 0 aromatic heterocycles. The van der Waals surface area contributed by atoms with Crippen molar-refractivity contribution in [1.29, 1.82) is 0 Å². The molecule has 108 valence electrons. The van der Waals surface area contributed by atoms with E-state index in [2.05, 4.69) is 55.2 Å². The number of nitrogens with zero attached hydrogens (tertiary/aromatic N) is 1. The first-order valence-corrected chi connectivity index (χ1v) is 7.33. The minimum Gasteiger partial charge on any atom is -0.386 e. The van der Waals surface area contributed by atoms with Crippen LogP contribution in [0.4, 0.5) is 5.69 Å². The first-order valence-electron chi connectivity index (χ1n) is 7.33. The number of aliphatic hydroxyl groups is 1. The highest BCUT2D eigenvalue weighted by atomic mass is 16.3. The topological polar surface area (TPSA) is 23.5 Å². The summed E-state index contributed by atoms with van der Waals surface area (Å²) < 4.78 is 0. The van der Waals surface area contributed by atoms with Gasteiger partial charge in [0.25, 0.3) is 0 Å². The normalized spacial score (nSPS) is 20.2. The second kappa shape index (κ2) is 5.38. The van der Waals surface area contributed by atoms with Crippen LogP contribution in [0.1, 0.15) is 28.4 Å². The van der Waals surface area contributed by atoms with Gasteiger partial charge in [0.1, 0.15) is 6.10 Å². The smallest absolute Gasteiger partial charge is 0.103 e. The Morgan fingerprint density at radius 3 is 2.38 bits per heavy atom. The molecule has 0 amide bonds. The fourth-order valence-electron chi connectivity index (χ4n) is 2.93. The molecule has 2 heteroatoms. The van der Waals surface area contributed by atoms with Gasteiger partial charge in [-0.15, -0.1) is 0 Å². The molecule has 2 aromatic rings. The second-order valence-electron chi connectivity index (χ2n) is 5.81. The molecule has 1 N–H and O–H groups in total. The lowest BCUT2D eigenvalue weighted by molar-refractivity contribution is 0.159. The number of benzene rings is 2. The van der Waals surface area contributed by atoms with Crippen molar-refractivity contribution >= 4 is 11.8 Å². The summed E-state index contributed by atoms with van der Waals surface area (Å²) in [4.78, 5) is 2.12. The first-order chi connectivity index (χ1) is 10.1. The zero-order chi connectivity index (χ0) is 15.0. The van der Waals surface area contributed by atoms with E-state index in [1.54, 1.807) is 0 Å². The van der Waals surface area contributed by atoms with E-state index in [4.69, 9.17) is 0 Å². The van der Waals surface area contributed by atoms with Gasteiger partial charge in [-0.25, -0.2) is 0 Å². The summed E-state index contributed by atoms with van der Waals surface area (Å²) in [5.41, 5.74) is 5.75. The second-order valence-corrected chi connectivity index (χ2v) is 5.81. The van der Waals surface area contributed by atoms with Gasteiger partial charge in [0.2, 0.25) is 0 Å². The number of hydrogen-bond acceptors (Lipinski definition) is 2. The van der Waals surface area contributed by atoms with Crippen LogP contribution in [-0.4, -0.2) is 18.2 Å². The van der Waals surface area contributed by atoms with Crippen molar-refractivity contribution in [2.75, 3.05) is 11.9 Å². The molecule has 1 aliphatic rings. The number of para-hydroxylation sites is 1. The van der Waals surface area contributed by atoms with E-state index in [1.165, 1.54) is 11.1 Å². The van der Waals surface area contributed by atoms with E-state index in [9.17, 15) is 5.11 Å². The molecule has 0 saturated carbocycles. The quantitative estimate of drug-likeness (QED) is 0.902. The molecule has 2 nitrogen and oxygen atoms in total. The number of aliphatic hydroxyl groups excluding tert-OH is 1. The number of likely N-dealkylation sites (N-methyl/N-ethyl adjacent to an activating group) is 1. The molecule has 1 aliphatic carbocycles. The Morgan fingerprint density at radius 1 is 1.00 bits per heavy atom. The molecule has 2 atom stereocenters. The van der Waals surface area contributed by atoms with Crippen molar-refractivity contribution in [3.63, 3.8) is 0 Å². The van der Waals surface area contributed by atoms with Crippen molar-refractivity contribution in [2.24, 2.45) is 0 Å². The van der Waals surface area contributed by atoms with Crippen molar-refractivity contribution < 1.29 is 5.11 Å². The summed E-state index contributed by atoms with van der Waals surface area (Å²) in [6.45, 7) is 4.20. The van der Waals surface area contributed by atoms with Crippen molar-refractivity contribution in [1.82, 2.24) is 0 Å². The van der Waals surface area contributed by atoms with Gasteiger partial charge in [-0.05, 0) is 48.2 Å². The molecule has 0 radical (unpaired) electrons. The van der Waals surface area contributed by atoms with Gasteiger partial charge in [0.05, 0.1) is 6.04 Å². The minimum absolute atomic E-state index is 0.0398. The zero-order valence-corrected chi connectivity index (χ0v) is 12.7. The molecule has 0 heterocycles. The van der Waals surface area contributed by atoms with Gasteiger partial charge in [-0.1, -0.05) is 42.5 Å². The standard InChI is InChI=1S/C19H21NO/c1-13-11-15-9-10-18(19(21)17(15)12-14(13)2)20(3)16-7-5-4-6-8-16/h4-12,18-19,21H,1-3H3/t18-,19-/m1/s1. The third-order valence-electron chi connectivity index (χ3n) is 4.43. The van der Waals surface area contributed by atoms with Crippen molar-refractivity contribution in [2.45, 2.75) is 26.0 Å². The minimum atomic E-state index is -0.505. The van der Waals surface area contributed by atoms with Crippen LogP contribution >= 0.6 is 0 Å². The Balaban J connectivity index is 1.96. The van der Waals surface area contributed by atoms with Crippen LogP contribution in [0.25, 0.3) is 6.08 Å². The fourth-order valence-corrected chi connectivity index (χ4v) is 2.93. The third kappa shape index (κ3) is 2.47. The molecule has 0 aliphatic heterocycles. The average Bonchev–Trinajstić information content (AvgIpc) is 2.50. The number of rotatable bonds is 2.